The summed E-state index contributed by atoms with van der Waals surface area (Å²) < 4.78 is 0. The number of carbonyl (C=O) groups is 1. The largest absolute Gasteiger partial charge is 0.337 e. The molecule has 0 aromatic rings. The van der Waals surface area contributed by atoms with Gasteiger partial charge in [-0.25, -0.2) is 0 Å². The van der Waals surface area contributed by atoms with Gasteiger partial charge in [0.25, 0.3) is 0 Å². The number of nitrogens with one attached hydrogen (secondary N) is 1. The molecule has 0 radical (unpaired) electrons. The first-order chi connectivity index (χ1) is 7.31. The van der Waals surface area contributed by atoms with Gasteiger partial charge in [-0.15, -0.1) is 0 Å². The minimum absolute atomic E-state index is 0.0987. The highest BCUT2D eigenvalue weighted by atomic mass is 16.2. The molecule has 0 aromatic heterocycles. The van der Waals surface area contributed by atoms with Crippen molar-refractivity contribution in [3.8, 4) is 0 Å². The average Bonchev–Trinajstić information content (AvgIpc) is 2.82. The third-order valence-corrected chi connectivity index (χ3v) is 3.43. The topological polar surface area (TPSA) is 32.3 Å². The van der Waals surface area contributed by atoms with Gasteiger partial charge in [0, 0.05) is 13.1 Å². The zero-order valence-electron chi connectivity index (χ0n) is 9.46. The van der Waals surface area contributed by atoms with E-state index in [1.807, 2.05) is 4.90 Å². The number of carbonyl (C=O) groups excluding carboxylic acids is 1. The van der Waals surface area contributed by atoms with Gasteiger partial charge in [0.15, 0.2) is 0 Å². The Labute approximate surface area is 91.5 Å². The molecule has 0 bridgehead atoms. The van der Waals surface area contributed by atoms with Crippen molar-refractivity contribution in [2.45, 2.75) is 38.6 Å². The number of rotatable bonds is 2. The Bertz CT molecular complexity index is 267. The summed E-state index contributed by atoms with van der Waals surface area (Å²) in [6.45, 7) is 4.92. The third kappa shape index (κ3) is 2.40. The highest BCUT2D eigenvalue weighted by molar-refractivity contribution is 5.82. The van der Waals surface area contributed by atoms with E-state index in [1.54, 1.807) is 0 Å². The summed E-state index contributed by atoms with van der Waals surface area (Å²) in [4.78, 5) is 14.0. The third-order valence-electron chi connectivity index (χ3n) is 3.43. The lowest BCUT2D eigenvalue weighted by Crippen LogP contribution is -2.45. The van der Waals surface area contributed by atoms with E-state index in [1.165, 1.54) is 5.57 Å². The van der Waals surface area contributed by atoms with Crippen LogP contribution >= 0.6 is 0 Å². The van der Waals surface area contributed by atoms with E-state index in [0.29, 0.717) is 5.91 Å². The van der Waals surface area contributed by atoms with Crippen LogP contribution in [-0.4, -0.2) is 36.5 Å². The molecule has 1 amide bonds. The summed E-state index contributed by atoms with van der Waals surface area (Å²) in [7, 11) is 0. The van der Waals surface area contributed by atoms with E-state index in [0.717, 1.165) is 45.3 Å². The molecule has 2 aliphatic heterocycles. The van der Waals surface area contributed by atoms with E-state index in [4.69, 9.17) is 0 Å². The summed E-state index contributed by atoms with van der Waals surface area (Å²) in [5, 5.41) is 3.27. The summed E-state index contributed by atoms with van der Waals surface area (Å²) in [5.74, 6) is 0.305. The monoisotopic (exact) mass is 208 g/mol. The molecule has 1 unspecified atom stereocenters. The normalized spacial score (nSPS) is 26.6. The van der Waals surface area contributed by atoms with Crippen molar-refractivity contribution in [2.75, 3.05) is 19.6 Å². The van der Waals surface area contributed by atoms with Gasteiger partial charge in [0.1, 0.15) is 0 Å². The highest BCUT2D eigenvalue weighted by Gasteiger charge is 2.27. The molecule has 0 spiro atoms. The molecule has 1 saturated heterocycles. The quantitative estimate of drug-likeness (QED) is 0.694. The van der Waals surface area contributed by atoms with Crippen LogP contribution in [-0.2, 0) is 4.79 Å². The highest BCUT2D eigenvalue weighted by Crippen LogP contribution is 2.16. The van der Waals surface area contributed by atoms with Crippen LogP contribution in [0.3, 0.4) is 0 Å². The zero-order valence-corrected chi connectivity index (χ0v) is 9.46. The molecule has 0 saturated carbocycles. The van der Waals surface area contributed by atoms with Crippen LogP contribution in [0.2, 0.25) is 0 Å². The summed E-state index contributed by atoms with van der Waals surface area (Å²) >= 11 is 0. The van der Waals surface area contributed by atoms with Crippen molar-refractivity contribution in [3.63, 3.8) is 0 Å². The zero-order chi connectivity index (χ0) is 10.7. The fraction of sp³-hybridized carbons (Fsp3) is 0.750. The lowest BCUT2D eigenvalue weighted by atomic mass is 10.0. The predicted molar refractivity (Wildman–Crippen MR) is 60.6 cm³/mol. The number of hydrogen-bond donors (Lipinski definition) is 1. The van der Waals surface area contributed by atoms with Crippen molar-refractivity contribution in [3.05, 3.63) is 11.6 Å². The molecule has 0 aromatic carbocycles. The molecule has 1 fully saturated rings. The smallest absolute Gasteiger partial charge is 0.239 e. The Hall–Kier alpha value is -0.830. The van der Waals surface area contributed by atoms with Crippen molar-refractivity contribution in [1.29, 1.82) is 0 Å². The predicted octanol–water partition coefficient (Wildman–Crippen LogP) is 1.31. The maximum Gasteiger partial charge on any atom is 0.239 e. The second kappa shape index (κ2) is 4.79. The lowest BCUT2D eigenvalue weighted by molar-refractivity contribution is -0.132. The molecule has 2 rings (SSSR count). The van der Waals surface area contributed by atoms with Crippen LogP contribution in [0.4, 0.5) is 0 Å². The molecule has 15 heavy (non-hydrogen) atoms. The van der Waals surface area contributed by atoms with Crippen LogP contribution in [0.5, 0.6) is 0 Å². The summed E-state index contributed by atoms with van der Waals surface area (Å²) in [6.07, 6.45) is 6.56. The fourth-order valence-electron chi connectivity index (χ4n) is 2.35. The van der Waals surface area contributed by atoms with Crippen molar-refractivity contribution in [1.82, 2.24) is 10.2 Å². The van der Waals surface area contributed by atoms with Gasteiger partial charge < -0.3 is 10.2 Å². The second-order valence-electron chi connectivity index (χ2n) is 4.40. The molecular weight excluding hydrogens is 188 g/mol. The first kappa shape index (κ1) is 10.7. The van der Waals surface area contributed by atoms with Gasteiger partial charge in [-0.2, -0.15) is 0 Å². The Morgan fingerprint density at radius 2 is 2.53 bits per heavy atom. The van der Waals surface area contributed by atoms with Crippen LogP contribution < -0.4 is 5.32 Å². The SMILES string of the molecule is CCC1=CCN(C(=O)C2CCCN2)CC1. The molecule has 3 heteroatoms. The maximum absolute atomic E-state index is 12.0. The number of nitrogens with zero attached hydrogens (tertiary/aromatic N) is 1. The number of hydrogen-bond acceptors (Lipinski definition) is 2. The Balaban J connectivity index is 1.89. The first-order valence-corrected chi connectivity index (χ1v) is 6.01. The van der Waals surface area contributed by atoms with E-state index in [2.05, 4.69) is 18.3 Å². The van der Waals surface area contributed by atoms with Gasteiger partial charge in [-0.3, -0.25) is 4.79 Å². The fourth-order valence-corrected chi connectivity index (χ4v) is 2.35. The van der Waals surface area contributed by atoms with Gasteiger partial charge >= 0.3 is 0 Å². The van der Waals surface area contributed by atoms with Crippen LogP contribution in [0.25, 0.3) is 0 Å². The number of amides is 1. The van der Waals surface area contributed by atoms with Crippen LogP contribution in [0, 0.1) is 0 Å². The molecular formula is C12H20N2O. The molecule has 1 atom stereocenters. The average molecular weight is 208 g/mol. The van der Waals surface area contributed by atoms with Crippen LogP contribution in [0.15, 0.2) is 11.6 Å². The standard InChI is InChI=1S/C12H20N2O/c1-2-10-5-8-14(9-6-10)12(15)11-4-3-7-13-11/h5,11,13H,2-4,6-9H2,1H3. The van der Waals surface area contributed by atoms with Gasteiger partial charge in [-0.05, 0) is 32.2 Å². The second-order valence-corrected chi connectivity index (χ2v) is 4.40. The Kier molecular flexibility index (Phi) is 3.41. The minimum Gasteiger partial charge on any atom is -0.337 e. The molecule has 2 heterocycles. The molecule has 84 valence electrons. The van der Waals surface area contributed by atoms with Gasteiger partial charge in [0.2, 0.25) is 5.91 Å². The van der Waals surface area contributed by atoms with E-state index < -0.39 is 0 Å². The summed E-state index contributed by atoms with van der Waals surface area (Å²) in [6, 6.07) is 0.0987. The first-order valence-electron chi connectivity index (χ1n) is 6.01. The van der Waals surface area contributed by atoms with Gasteiger partial charge in [0.05, 0.1) is 6.04 Å². The van der Waals surface area contributed by atoms with E-state index in [-0.39, 0.29) is 6.04 Å². The molecule has 3 nitrogen and oxygen atoms in total. The lowest BCUT2D eigenvalue weighted by Gasteiger charge is -2.28. The van der Waals surface area contributed by atoms with Crippen molar-refractivity contribution in [2.24, 2.45) is 0 Å². The Morgan fingerprint density at radius 3 is 3.07 bits per heavy atom. The maximum atomic E-state index is 12.0. The van der Waals surface area contributed by atoms with Crippen LogP contribution in [0.1, 0.15) is 32.6 Å². The van der Waals surface area contributed by atoms with E-state index in [9.17, 15) is 4.79 Å². The Morgan fingerprint density at radius 1 is 1.67 bits per heavy atom. The van der Waals surface area contributed by atoms with Crippen molar-refractivity contribution < 1.29 is 4.79 Å². The molecule has 1 N–H and O–H groups in total. The molecule has 2 aliphatic rings. The summed E-state index contributed by atoms with van der Waals surface area (Å²) in [5.41, 5.74) is 1.50. The van der Waals surface area contributed by atoms with E-state index >= 15 is 0 Å². The minimum atomic E-state index is 0.0987. The van der Waals surface area contributed by atoms with Gasteiger partial charge in [-0.1, -0.05) is 18.6 Å². The van der Waals surface area contributed by atoms with Crippen molar-refractivity contribution >= 4 is 5.91 Å². The molecule has 0 aliphatic carbocycles.